The maximum Gasteiger partial charge on any atom is 0.142 e. The molecule has 17 heavy (non-hydrogen) atoms. The van der Waals surface area contributed by atoms with E-state index in [1.54, 1.807) is 11.3 Å². The molecule has 0 aliphatic heterocycles. The number of hydrogen-bond donors (Lipinski definition) is 1. The number of aryl methyl sites for hydroxylation is 1. The summed E-state index contributed by atoms with van der Waals surface area (Å²) in [7, 11) is 0. The van der Waals surface area contributed by atoms with Crippen LogP contribution in [0.2, 0.25) is 0 Å². The monoisotopic (exact) mass is 247 g/mol. The minimum atomic E-state index is 0.843. The van der Waals surface area contributed by atoms with Gasteiger partial charge >= 0.3 is 0 Å². The Morgan fingerprint density at radius 3 is 3.06 bits per heavy atom. The minimum absolute atomic E-state index is 0.843. The highest BCUT2D eigenvalue weighted by molar-refractivity contribution is 7.13. The van der Waals surface area contributed by atoms with E-state index in [4.69, 9.17) is 0 Å². The average molecular weight is 247 g/mol. The number of nitrogens with one attached hydrogen (secondary N) is 1. The van der Waals surface area contributed by atoms with Crippen molar-refractivity contribution in [1.29, 1.82) is 0 Å². The molecule has 0 atom stereocenters. The first-order chi connectivity index (χ1) is 8.31. The van der Waals surface area contributed by atoms with Crippen LogP contribution in [-0.2, 0) is 6.54 Å². The molecule has 0 bridgehead atoms. The van der Waals surface area contributed by atoms with Crippen molar-refractivity contribution >= 4 is 11.3 Å². The number of nitrogens with zero attached hydrogens (tertiary/aromatic N) is 2. The van der Waals surface area contributed by atoms with E-state index >= 15 is 0 Å². The van der Waals surface area contributed by atoms with E-state index in [-0.39, 0.29) is 0 Å². The van der Waals surface area contributed by atoms with Crippen molar-refractivity contribution in [2.45, 2.75) is 26.8 Å². The Kier molecular flexibility index (Phi) is 4.23. The first kappa shape index (κ1) is 12.2. The van der Waals surface area contributed by atoms with Crippen LogP contribution in [0.3, 0.4) is 0 Å². The fraction of sp³-hybridized carbons (Fsp3) is 0.385. The lowest BCUT2D eigenvalue weighted by atomic mass is 10.2. The molecule has 3 nitrogen and oxygen atoms in total. The van der Waals surface area contributed by atoms with Crippen molar-refractivity contribution in [3.8, 4) is 10.7 Å². The van der Waals surface area contributed by atoms with Gasteiger partial charge in [-0.2, -0.15) is 0 Å². The molecule has 0 fully saturated rings. The Bertz CT molecular complexity index is 479. The van der Waals surface area contributed by atoms with Crippen LogP contribution in [0.1, 0.15) is 24.6 Å². The summed E-state index contributed by atoms with van der Waals surface area (Å²) in [6, 6.07) is 4.02. The van der Waals surface area contributed by atoms with Crippen LogP contribution in [0.25, 0.3) is 10.7 Å². The molecule has 0 aromatic carbocycles. The van der Waals surface area contributed by atoms with Crippen LogP contribution in [0, 0.1) is 6.92 Å². The average Bonchev–Trinajstić information content (AvgIpc) is 2.79. The normalized spacial score (nSPS) is 10.7. The molecule has 2 heterocycles. The van der Waals surface area contributed by atoms with E-state index in [0.717, 1.165) is 35.9 Å². The second kappa shape index (κ2) is 5.89. The van der Waals surface area contributed by atoms with Crippen LogP contribution in [0.4, 0.5) is 0 Å². The van der Waals surface area contributed by atoms with Gasteiger partial charge in [0.05, 0.1) is 5.69 Å². The molecule has 2 aromatic heterocycles. The molecule has 0 aliphatic rings. The molecule has 0 aliphatic carbocycles. The van der Waals surface area contributed by atoms with Gasteiger partial charge in [-0.05, 0) is 31.5 Å². The molecule has 2 aromatic rings. The van der Waals surface area contributed by atoms with Crippen LogP contribution in [0.5, 0.6) is 0 Å². The van der Waals surface area contributed by atoms with Gasteiger partial charge in [-0.25, -0.2) is 4.98 Å². The summed E-state index contributed by atoms with van der Waals surface area (Å²) in [4.78, 5) is 8.99. The maximum atomic E-state index is 4.61. The molecular weight excluding hydrogens is 230 g/mol. The molecule has 0 saturated carbocycles. The van der Waals surface area contributed by atoms with E-state index in [1.165, 1.54) is 5.56 Å². The van der Waals surface area contributed by atoms with E-state index < -0.39 is 0 Å². The largest absolute Gasteiger partial charge is 0.311 e. The third kappa shape index (κ3) is 3.11. The van der Waals surface area contributed by atoms with Gasteiger partial charge in [0.2, 0.25) is 0 Å². The Balaban J connectivity index is 2.10. The van der Waals surface area contributed by atoms with Crippen LogP contribution in [0.15, 0.2) is 23.7 Å². The molecule has 0 unspecified atom stereocenters. The highest BCUT2D eigenvalue weighted by Gasteiger charge is 2.07. The Labute approximate surface area is 106 Å². The zero-order valence-electron chi connectivity index (χ0n) is 10.2. The van der Waals surface area contributed by atoms with E-state index in [9.17, 15) is 0 Å². The smallest absolute Gasteiger partial charge is 0.142 e. The fourth-order valence-corrected chi connectivity index (χ4v) is 2.48. The third-order valence-electron chi connectivity index (χ3n) is 2.50. The molecular formula is C13H17N3S. The predicted octanol–water partition coefficient (Wildman–Crippen LogP) is 3.01. The van der Waals surface area contributed by atoms with Gasteiger partial charge in [-0.1, -0.05) is 13.0 Å². The predicted molar refractivity (Wildman–Crippen MR) is 72.1 cm³/mol. The quantitative estimate of drug-likeness (QED) is 0.825. The molecule has 0 spiro atoms. The summed E-state index contributed by atoms with van der Waals surface area (Å²) in [6.45, 7) is 6.11. The number of hydrogen-bond acceptors (Lipinski definition) is 4. The summed E-state index contributed by atoms with van der Waals surface area (Å²) in [5.74, 6) is 0. The maximum absolute atomic E-state index is 4.61. The molecule has 0 amide bonds. The highest BCUT2D eigenvalue weighted by atomic mass is 32.1. The lowest BCUT2D eigenvalue weighted by Crippen LogP contribution is -2.13. The molecule has 0 radical (unpaired) electrons. The van der Waals surface area contributed by atoms with Crippen molar-refractivity contribution < 1.29 is 0 Å². The lowest BCUT2D eigenvalue weighted by molar-refractivity contribution is 0.667. The van der Waals surface area contributed by atoms with E-state index in [1.807, 2.05) is 12.3 Å². The van der Waals surface area contributed by atoms with E-state index in [2.05, 4.69) is 40.6 Å². The summed E-state index contributed by atoms with van der Waals surface area (Å²) in [5, 5.41) is 6.47. The van der Waals surface area contributed by atoms with Crippen LogP contribution < -0.4 is 5.32 Å². The first-order valence-electron chi connectivity index (χ1n) is 5.88. The van der Waals surface area contributed by atoms with Crippen LogP contribution >= 0.6 is 11.3 Å². The fourth-order valence-electron chi connectivity index (χ4n) is 1.60. The van der Waals surface area contributed by atoms with Crippen molar-refractivity contribution in [3.63, 3.8) is 0 Å². The zero-order valence-corrected chi connectivity index (χ0v) is 11.0. The second-order valence-corrected chi connectivity index (χ2v) is 4.85. The Hall–Kier alpha value is -1.26. The Morgan fingerprint density at radius 1 is 1.41 bits per heavy atom. The zero-order chi connectivity index (χ0) is 12.1. The number of rotatable bonds is 5. The van der Waals surface area contributed by atoms with E-state index in [0.29, 0.717) is 0 Å². The summed E-state index contributed by atoms with van der Waals surface area (Å²) < 4.78 is 0. The second-order valence-electron chi connectivity index (χ2n) is 3.99. The number of pyridine rings is 1. The van der Waals surface area contributed by atoms with Crippen LogP contribution in [-0.4, -0.2) is 16.5 Å². The van der Waals surface area contributed by atoms with Gasteiger partial charge in [-0.3, -0.25) is 4.98 Å². The first-order valence-corrected chi connectivity index (χ1v) is 6.76. The van der Waals surface area contributed by atoms with Gasteiger partial charge < -0.3 is 5.32 Å². The van der Waals surface area contributed by atoms with Gasteiger partial charge in [-0.15, -0.1) is 11.3 Å². The lowest BCUT2D eigenvalue weighted by Gasteiger charge is -2.00. The summed E-state index contributed by atoms with van der Waals surface area (Å²) in [6.07, 6.45) is 2.97. The third-order valence-corrected chi connectivity index (χ3v) is 3.39. The van der Waals surface area contributed by atoms with Crippen molar-refractivity contribution in [2.24, 2.45) is 0 Å². The molecule has 0 saturated heterocycles. The number of aromatic nitrogens is 2. The van der Waals surface area contributed by atoms with Gasteiger partial charge in [0.1, 0.15) is 10.7 Å². The summed E-state index contributed by atoms with van der Waals surface area (Å²) >= 11 is 1.66. The summed E-state index contributed by atoms with van der Waals surface area (Å²) in [5.41, 5.74) is 3.28. The van der Waals surface area contributed by atoms with Gasteiger partial charge in [0.25, 0.3) is 0 Å². The molecule has 1 N–H and O–H groups in total. The molecule has 90 valence electrons. The minimum Gasteiger partial charge on any atom is -0.311 e. The van der Waals surface area contributed by atoms with Crippen molar-refractivity contribution in [2.75, 3.05) is 6.54 Å². The topological polar surface area (TPSA) is 37.8 Å². The van der Waals surface area contributed by atoms with Crippen molar-refractivity contribution in [3.05, 3.63) is 35.0 Å². The van der Waals surface area contributed by atoms with Gasteiger partial charge in [0.15, 0.2) is 0 Å². The SMILES string of the molecule is CCCNCc1csc(-c2ncccc2C)n1. The van der Waals surface area contributed by atoms with Gasteiger partial charge in [0, 0.05) is 18.1 Å². The molecule has 4 heteroatoms. The standard InChI is InChI=1S/C13H17N3S/c1-3-6-14-8-11-9-17-13(16-11)12-10(2)5-4-7-15-12/h4-5,7,9,14H,3,6,8H2,1-2H3. The molecule has 2 rings (SSSR count). The number of thiazole rings is 1. The Morgan fingerprint density at radius 2 is 2.29 bits per heavy atom. The van der Waals surface area contributed by atoms with Crippen molar-refractivity contribution in [1.82, 2.24) is 15.3 Å². The highest BCUT2D eigenvalue weighted by Crippen LogP contribution is 2.24.